The molecule has 1 saturated heterocycles. The first-order valence-corrected chi connectivity index (χ1v) is 10.3. The lowest BCUT2D eigenvalue weighted by atomic mass is 9.77. The molecule has 0 saturated carbocycles. The Morgan fingerprint density at radius 1 is 1.06 bits per heavy atom. The quantitative estimate of drug-likeness (QED) is 0.505. The van der Waals surface area contributed by atoms with Gasteiger partial charge in [-0.15, -0.1) is 0 Å². The number of hydrogen-bond donors (Lipinski definition) is 1. The second-order valence-corrected chi connectivity index (χ2v) is 9.08. The number of rotatable bonds is 2. The Balaban J connectivity index is 1.58. The van der Waals surface area contributed by atoms with Crippen LogP contribution in [0.4, 0.5) is 38.1 Å². The maximum Gasteiger partial charge on any atom is 0.497 e. The van der Waals surface area contributed by atoms with Gasteiger partial charge in [0.1, 0.15) is 11.6 Å². The van der Waals surface area contributed by atoms with Gasteiger partial charge in [-0.1, -0.05) is 6.07 Å². The Bertz CT molecular complexity index is 1100. The van der Waals surface area contributed by atoms with Crippen molar-refractivity contribution in [2.45, 2.75) is 51.5 Å². The van der Waals surface area contributed by atoms with Crippen molar-refractivity contribution >= 4 is 30.0 Å². The van der Waals surface area contributed by atoms with Crippen LogP contribution in [-0.4, -0.2) is 30.9 Å². The summed E-state index contributed by atoms with van der Waals surface area (Å²) >= 11 is 0. The number of anilines is 2. The number of halogens is 5. The van der Waals surface area contributed by atoms with Gasteiger partial charge in [0, 0.05) is 17.6 Å². The summed E-state index contributed by atoms with van der Waals surface area (Å²) in [6.07, 6.45) is -4.52. The third kappa shape index (κ3) is 4.08. The lowest BCUT2D eigenvalue weighted by Crippen LogP contribution is -2.41. The number of alkyl halides is 3. The highest BCUT2D eigenvalue weighted by molar-refractivity contribution is 6.62. The van der Waals surface area contributed by atoms with Crippen LogP contribution >= 0.6 is 0 Å². The van der Waals surface area contributed by atoms with Crippen LogP contribution in [0.5, 0.6) is 0 Å². The molecule has 4 rings (SSSR count). The summed E-state index contributed by atoms with van der Waals surface area (Å²) in [4.78, 5) is 13.9. The van der Waals surface area contributed by atoms with Crippen molar-refractivity contribution in [2.24, 2.45) is 0 Å². The van der Waals surface area contributed by atoms with Gasteiger partial charge in [0.2, 0.25) is 0 Å². The third-order valence-electron chi connectivity index (χ3n) is 6.41. The van der Waals surface area contributed by atoms with Crippen LogP contribution in [0.2, 0.25) is 0 Å². The highest BCUT2D eigenvalue weighted by Crippen LogP contribution is 2.38. The number of fused-ring (bicyclic) bond motifs is 1. The second kappa shape index (κ2) is 7.70. The van der Waals surface area contributed by atoms with E-state index in [1.54, 1.807) is 0 Å². The maximum absolute atomic E-state index is 15.3. The lowest BCUT2D eigenvalue weighted by molar-refractivity contribution is -0.137. The van der Waals surface area contributed by atoms with Gasteiger partial charge in [-0.3, -0.25) is 4.90 Å². The maximum atomic E-state index is 15.3. The molecule has 33 heavy (non-hydrogen) atoms. The number of urea groups is 1. The molecule has 0 atom stereocenters. The van der Waals surface area contributed by atoms with Gasteiger partial charge in [0.25, 0.3) is 0 Å². The average Bonchev–Trinajstić information content (AvgIpc) is 3.21. The fourth-order valence-corrected chi connectivity index (χ4v) is 3.81. The zero-order chi connectivity index (χ0) is 24.3. The highest BCUT2D eigenvalue weighted by atomic mass is 19.4. The number of benzene rings is 2. The van der Waals surface area contributed by atoms with Gasteiger partial charge in [0.05, 0.1) is 28.1 Å². The summed E-state index contributed by atoms with van der Waals surface area (Å²) in [5.41, 5.74) is -2.34. The normalized spacial score (nSPS) is 19.1. The highest BCUT2D eigenvalue weighted by Gasteiger charge is 2.52. The Kier molecular flexibility index (Phi) is 5.48. The molecule has 5 nitrogen and oxygen atoms in total. The molecule has 176 valence electrons. The number of carbonyl (C=O) groups is 1. The Hall–Kier alpha value is -2.66. The molecule has 0 aromatic heterocycles. The van der Waals surface area contributed by atoms with Crippen molar-refractivity contribution in [3.63, 3.8) is 0 Å². The molecule has 0 aliphatic carbocycles. The molecular weight excluding hydrogens is 446 g/mol. The number of nitrogens with one attached hydrogen (secondary N) is 1. The molecule has 11 heteroatoms. The van der Waals surface area contributed by atoms with E-state index in [9.17, 15) is 22.4 Å². The van der Waals surface area contributed by atoms with Crippen molar-refractivity contribution in [3.05, 3.63) is 53.1 Å². The summed E-state index contributed by atoms with van der Waals surface area (Å²) in [5, 5.41) is 2.16. The molecule has 1 fully saturated rings. The first-order chi connectivity index (χ1) is 15.2. The van der Waals surface area contributed by atoms with Gasteiger partial charge in [-0.25, -0.2) is 13.6 Å². The van der Waals surface area contributed by atoms with E-state index in [4.69, 9.17) is 9.31 Å². The molecule has 0 unspecified atom stereocenters. The molecule has 2 aliphatic heterocycles. The summed E-state index contributed by atoms with van der Waals surface area (Å²) in [6.45, 7) is 7.45. The van der Waals surface area contributed by atoms with Gasteiger partial charge in [-0.05, 0) is 58.4 Å². The molecule has 0 spiro atoms. The Morgan fingerprint density at radius 3 is 2.30 bits per heavy atom. The molecule has 2 heterocycles. The average molecular weight is 468 g/mol. The van der Waals surface area contributed by atoms with Gasteiger partial charge < -0.3 is 14.6 Å². The van der Waals surface area contributed by atoms with Crippen LogP contribution in [0.3, 0.4) is 0 Å². The number of carbonyl (C=O) groups excluding carboxylic acids is 1. The van der Waals surface area contributed by atoms with Crippen molar-refractivity contribution < 1.29 is 36.1 Å². The standard InChI is InChI=1S/C22H22BF5N2O3/c1-20(2)21(3,4)33-23(32-20)14-6-8-17-13(18(14)25)9-10-30(17)19(31)29-16-11-12(22(26,27)28)5-7-15(16)24/h5-8,11H,9-10H2,1-4H3,(H,29,31). The first kappa shape index (κ1) is 23.5. The van der Waals surface area contributed by atoms with E-state index in [2.05, 4.69) is 5.32 Å². The molecule has 2 aliphatic rings. The molecule has 0 radical (unpaired) electrons. The lowest BCUT2D eigenvalue weighted by Gasteiger charge is -2.32. The Labute approximate surface area is 188 Å². The minimum Gasteiger partial charge on any atom is -0.399 e. The first-order valence-electron chi connectivity index (χ1n) is 10.3. The van der Waals surface area contributed by atoms with Crippen LogP contribution in [-0.2, 0) is 21.9 Å². The van der Waals surface area contributed by atoms with Gasteiger partial charge >= 0.3 is 19.3 Å². The van der Waals surface area contributed by atoms with Crippen LogP contribution in [0, 0.1) is 11.6 Å². The van der Waals surface area contributed by atoms with E-state index < -0.39 is 53.4 Å². The van der Waals surface area contributed by atoms with Crippen LogP contribution in [0.25, 0.3) is 0 Å². The van der Waals surface area contributed by atoms with Crippen molar-refractivity contribution in [1.82, 2.24) is 0 Å². The van der Waals surface area contributed by atoms with Crippen LogP contribution in [0.1, 0.15) is 38.8 Å². The molecule has 2 amide bonds. The van der Waals surface area contributed by atoms with E-state index in [-0.39, 0.29) is 29.7 Å². The van der Waals surface area contributed by atoms with E-state index in [0.29, 0.717) is 18.2 Å². The van der Waals surface area contributed by atoms with Crippen LogP contribution < -0.4 is 15.7 Å². The van der Waals surface area contributed by atoms with E-state index in [1.807, 2.05) is 27.7 Å². The second-order valence-electron chi connectivity index (χ2n) is 9.08. The molecular formula is C22H22BF5N2O3. The fraction of sp³-hybridized carbons (Fsp3) is 0.409. The number of hydrogen-bond acceptors (Lipinski definition) is 3. The molecule has 2 aromatic carbocycles. The van der Waals surface area contributed by atoms with E-state index in [0.717, 1.165) is 4.90 Å². The smallest absolute Gasteiger partial charge is 0.399 e. The zero-order valence-electron chi connectivity index (χ0n) is 18.4. The largest absolute Gasteiger partial charge is 0.497 e. The molecule has 1 N–H and O–H groups in total. The topological polar surface area (TPSA) is 50.8 Å². The van der Waals surface area contributed by atoms with E-state index in [1.165, 1.54) is 12.1 Å². The van der Waals surface area contributed by atoms with E-state index >= 15 is 4.39 Å². The number of amides is 2. The minimum atomic E-state index is -4.69. The van der Waals surface area contributed by atoms with Crippen molar-refractivity contribution in [3.8, 4) is 0 Å². The van der Waals surface area contributed by atoms with Crippen molar-refractivity contribution in [1.29, 1.82) is 0 Å². The number of nitrogens with zero attached hydrogens (tertiary/aromatic N) is 1. The minimum absolute atomic E-state index is 0.0749. The fourth-order valence-electron chi connectivity index (χ4n) is 3.81. The third-order valence-corrected chi connectivity index (χ3v) is 6.41. The summed E-state index contributed by atoms with van der Waals surface area (Å²) in [6, 6.07) is 3.84. The predicted molar refractivity (Wildman–Crippen MR) is 114 cm³/mol. The zero-order valence-corrected chi connectivity index (χ0v) is 18.4. The summed E-state index contributed by atoms with van der Waals surface area (Å²) in [7, 11) is -0.928. The van der Waals surface area contributed by atoms with Gasteiger partial charge in [0.15, 0.2) is 0 Å². The predicted octanol–water partition coefficient (Wildman–Crippen LogP) is 4.88. The summed E-state index contributed by atoms with van der Waals surface area (Å²) < 4.78 is 80.0. The van der Waals surface area contributed by atoms with Gasteiger partial charge in [-0.2, -0.15) is 13.2 Å². The monoisotopic (exact) mass is 468 g/mol. The summed E-state index contributed by atoms with van der Waals surface area (Å²) in [5.74, 6) is -1.59. The molecule has 2 aromatic rings. The SMILES string of the molecule is CC1(C)OB(c2ccc3c(c2F)CCN3C(=O)Nc2cc(C(F)(F)F)ccc2F)OC1(C)C. The Morgan fingerprint density at radius 2 is 1.70 bits per heavy atom. The molecule has 0 bridgehead atoms. The van der Waals surface area contributed by atoms with Crippen molar-refractivity contribution in [2.75, 3.05) is 16.8 Å². The van der Waals surface area contributed by atoms with Crippen LogP contribution in [0.15, 0.2) is 30.3 Å².